The number of benzene rings is 3. The Labute approximate surface area is 166 Å². The van der Waals surface area contributed by atoms with E-state index in [2.05, 4.69) is 72.6 Å². The monoisotopic (exact) mass is 386 g/mol. The van der Waals surface area contributed by atoms with Crippen molar-refractivity contribution in [1.29, 1.82) is 0 Å². The summed E-state index contributed by atoms with van der Waals surface area (Å²) in [4.78, 5) is 4.92. The molecule has 0 aliphatic rings. The molecule has 1 N–H and O–H groups in total. The third kappa shape index (κ3) is 2.82. The minimum Gasteiger partial charge on any atom is -0.204 e. The first-order valence-corrected chi connectivity index (χ1v) is 10.1. The van der Waals surface area contributed by atoms with E-state index in [4.69, 9.17) is 11.6 Å². The van der Waals surface area contributed by atoms with E-state index in [1.165, 1.54) is 31.7 Å². The van der Waals surface area contributed by atoms with Gasteiger partial charge >= 0.3 is 0 Å². The number of fused-ring (bicyclic) bond motifs is 2. The fraction of sp³-hybridized carbons (Fsp3) is 0.0417. The normalized spacial score (nSPS) is 11.3. The number of pyridine rings is 1. The lowest BCUT2D eigenvalue weighted by atomic mass is 9.99. The van der Waals surface area contributed by atoms with Gasteiger partial charge in [-0.1, -0.05) is 60.1 Å². The minimum absolute atomic E-state index is 0.749. The summed E-state index contributed by atoms with van der Waals surface area (Å²) in [5, 5.41) is 3.21. The first kappa shape index (κ1) is 16.5. The van der Waals surface area contributed by atoms with Crippen LogP contribution in [0.3, 0.4) is 0 Å². The molecule has 0 aliphatic heterocycles. The lowest BCUT2D eigenvalue weighted by Gasteiger charge is -2.06. The Balaban J connectivity index is 1.83. The second-order valence-electron chi connectivity index (χ2n) is 6.70. The molecular weight excluding hydrogens is 370 g/mol. The first-order valence-electron chi connectivity index (χ1n) is 8.90. The van der Waals surface area contributed by atoms with E-state index in [-0.39, 0.29) is 0 Å². The van der Waals surface area contributed by atoms with Crippen molar-refractivity contribution >= 4 is 43.9 Å². The van der Waals surface area contributed by atoms with Crippen molar-refractivity contribution < 1.29 is 4.98 Å². The van der Waals surface area contributed by atoms with Gasteiger partial charge in [-0.05, 0) is 41.6 Å². The minimum atomic E-state index is 0.749. The average molecular weight is 387 g/mol. The summed E-state index contributed by atoms with van der Waals surface area (Å²) in [6.07, 6.45) is 0. The van der Waals surface area contributed by atoms with Crippen LogP contribution in [-0.2, 0) is 0 Å². The maximum atomic E-state index is 6.30. The van der Waals surface area contributed by atoms with Gasteiger partial charge in [-0.3, -0.25) is 0 Å². The molecule has 3 heteroatoms. The number of nitrogens with one attached hydrogen (secondary N) is 1. The fourth-order valence-electron chi connectivity index (χ4n) is 3.66. The Kier molecular flexibility index (Phi) is 3.96. The van der Waals surface area contributed by atoms with Crippen molar-refractivity contribution in [3.8, 4) is 21.7 Å². The maximum Gasteiger partial charge on any atom is 0.222 e. The van der Waals surface area contributed by atoms with Crippen molar-refractivity contribution in [1.82, 2.24) is 0 Å². The molecule has 0 fully saturated rings. The second kappa shape index (κ2) is 6.49. The summed E-state index contributed by atoms with van der Waals surface area (Å²) in [6.45, 7) is 2.20. The first-order chi connectivity index (χ1) is 13.2. The van der Waals surface area contributed by atoms with Gasteiger partial charge in [0.15, 0.2) is 0 Å². The van der Waals surface area contributed by atoms with Crippen LogP contribution >= 0.6 is 22.9 Å². The van der Waals surface area contributed by atoms with E-state index in [0.29, 0.717) is 0 Å². The van der Waals surface area contributed by atoms with E-state index in [0.717, 1.165) is 21.6 Å². The molecule has 0 radical (unpaired) electrons. The SMILES string of the molecule is Cc1c(-c2cc(-c3ccccc3)c3cc(Cl)ccc3[nH+]2)sc2ccccc12. The molecule has 0 bridgehead atoms. The van der Waals surface area contributed by atoms with Gasteiger partial charge in [-0.25, -0.2) is 4.98 Å². The van der Waals surface area contributed by atoms with Crippen LogP contribution < -0.4 is 4.98 Å². The van der Waals surface area contributed by atoms with Crippen molar-refractivity contribution in [3.05, 3.63) is 89.4 Å². The van der Waals surface area contributed by atoms with E-state index in [1.807, 2.05) is 29.5 Å². The lowest BCUT2D eigenvalue weighted by Crippen LogP contribution is -2.09. The van der Waals surface area contributed by atoms with E-state index in [9.17, 15) is 0 Å². The molecule has 5 rings (SSSR count). The highest BCUT2D eigenvalue weighted by molar-refractivity contribution is 7.22. The molecule has 0 aliphatic carbocycles. The van der Waals surface area contributed by atoms with Gasteiger partial charge < -0.3 is 0 Å². The molecular formula is C24H17ClNS+. The van der Waals surface area contributed by atoms with Gasteiger partial charge in [0, 0.05) is 27.4 Å². The number of aromatic nitrogens is 1. The van der Waals surface area contributed by atoms with Crippen LogP contribution in [0.15, 0.2) is 78.9 Å². The smallest absolute Gasteiger partial charge is 0.204 e. The Morgan fingerprint density at radius 1 is 0.815 bits per heavy atom. The highest BCUT2D eigenvalue weighted by Crippen LogP contribution is 2.39. The van der Waals surface area contributed by atoms with Crippen molar-refractivity contribution in [2.24, 2.45) is 0 Å². The van der Waals surface area contributed by atoms with Crippen LogP contribution in [0.1, 0.15) is 5.56 Å². The summed E-state index contributed by atoms with van der Waals surface area (Å²) >= 11 is 8.14. The molecule has 5 aromatic rings. The zero-order chi connectivity index (χ0) is 18.4. The van der Waals surface area contributed by atoms with Crippen LogP contribution in [0.25, 0.3) is 42.7 Å². The molecule has 0 saturated carbocycles. The molecule has 1 nitrogen and oxygen atoms in total. The zero-order valence-corrected chi connectivity index (χ0v) is 16.4. The maximum absolute atomic E-state index is 6.30. The molecule has 0 amide bonds. The number of aryl methyl sites for hydroxylation is 1. The summed E-state index contributed by atoms with van der Waals surface area (Å²) < 4.78 is 1.32. The van der Waals surface area contributed by atoms with Gasteiger partial charge in [0.05, 0.1) is 5.39 Å². The molecule has 130 valence electrons. The summed E-state index contributed by atoms with van der Waals surface area (Å²) in [6, 6.07) is 27.4. The molecule has 27 heavy (non-hydrogen) atoms. The van der Waals surface area contributed by atoms with Crippen LogP contribution in [0.5, 0.6) is 0 Å². The third-order valence-electron chi connectivity index (χ3n) is 5.00. The quantitative estimate of drug-likeness (QED) is 0.305. The molecule has 2 aromatic heterocycles. The summed E-state index contributed by atoms with van der Waals surface area (Å²) in [5.41, 5.74) is 5.94. The topological polar surface area (TPSA) is 14.1 Å². The van der Waals surface area contributed by atoms with Gasteiger partial charge in [0.25, 0.3) is 0 Å². The fourth-order valence-corrected chi connectivity index (χ4v) is 5.01. The number of halogens is 1. The highest BCUT2D eigenvalue weighted by Gasteiger charge is 2.19. The molecule has 0 atom stereocenters. The average Bonchev–Trinajstić information content (AvgIpc) is 3.05. The Hall–Kier alpha value is -2.68. The summed E-state index contributed by atoms with van der Waals surface area (Å²) in [7, 11) is 0. The number of hydrogen-bond donors (Lipinski definition) is 0. The Morgan fingerprint density at radius 2 is 1.59 bits per heavy atom. The molecule has 0 spiro atoms. The van der Waals surface area contributed by atoms with Gasteiger partial charge in [0.1, 0.15) is 4.88 Å². The van der Waals surface area contributed by atoms with E-state index in [1.54, 1.807) is 0 Å². The van der Waals surface area contributed by atoms with Crippen LogP contribution in [-0.4, -0.2) is 0 Å². The number of hydrogen-bond acceptors (Lipinski definition) is 1. The van der Waals surface area contributed by atoms with Crippen molar-refractivity contribution in [2.45, 2.75) is 6.92 Å². The van der Waals surface area contributed by atoms with E-state index < -0.39 is 0 Å². The summed E-state index contributed by atoms with van der Waals surface area (Å²) in [5.74, 6) is 0. The van der Waals surface area contributed by atoms with Crippen LogP contribution in [0.2, 0.25) is 5.02 Å². The number of H-pyrrole nitrogens is 1. The predicted octanol–water partition coefficient (Wildman–Crippen LogP) is 7.16. The molecule has 0 unspecified atom stereocenters. The number of rotatable bonds is 2. The molecule has 3 aromatic carbocycles. The van der Waals surface area contributed by atoms with Crippen molar-refractivity contribution in [3.63, 3.8) is 0 Å². The Bertz CT molecular complexity index is 1290. The van der Waals surface area contributed by atoms with Crippen molar-refractivity contribution in [2.75, 3.05) is 0 Å². The molecule has 2 heterocycles. The van der Waals surface area contributed by atoms with E-state index >= 15 is 0 Å². The largest absolute Gasteiger partial charge is 0.222 e. The van der Waals surface area contributed by atoms with Gasteiger partial charge in [-0.15, -0.1) is 11.3 Å². The van der Waals surface area contributed by atoms with Crippen LogP contribution in [0.4, 0.5) is 0 Å². The second-order valence-corrected chi connectivity index (χ2v) is 8.19. The zero-order valence-electron chi connectivity index (χ0n) is 14.8. The standard InChI is InChI=1S/C24H16ClNS/c1-15-18-9-5-6-10-23(18)27-24(15)22-14-19(16-7-3-2-4-8-16)20-13-17(25)11-12-21(20)26-22/h2-14H,1H3/p+1. The van der Waals surface area contributed by atoms with Crippen LogP contribution in [0, 0.1) is 6.92 Å². The number of thiophene rings is 1. The lowest BCUT2D eigenvalue weighted by molar-refractivity contribution is -0.330. The predicted molar refractivity (Wildman–Crippen MR) is 117 cm³/mol. The Morgan fingerprint density at radius 3 is 2.41 bits per heavy atom. The van der Waals surface area contributed by atoms with Gasteiger partial charge in [-0.2, -0.15) is 0 Å². The third-order valence-corrected chi connectivity index (χ3v) is 6.54. The number of aromatic amines is 1. The van der Waals surface area contributed by atoms with Gasteiger partial charge in [0.2, 0.25) is 11.2 Å². The molecule has 0 saturated heterocycles. The highest BCUT2D eigenvalue weighted by atomic mass is 35.5.